The van der Waals surface area contributed by atoms with Crippen LogP contribution in [-0.4, -0.2) is 17.1 Å². The van der Waals surface area contributed by atoms with Crippen LogP contribution in [-0.2, 0) is 6.54 Å². The molecule has 1 aromatic heterocycles. The highest BCUT2D eigenvalue weighted by Gasteiger charge is 2.05. The number of aromatic amines is 1. The van der Waals surface area contributed by atoms with Gasteiger partial charge in [0.15, 0.2) is 0 Å². The summed E-state index contributed by atoms with van der Waals surface area (Å²) < 4.78 is 5.18. The Morgan fingerprint density at radius 2 is 2.15 bits per heavy atom. The predicted molar refractivity (Wildman–Crippen MR) is 79.3 cm³/mol. The lowest BCUT2D eigenvalue weighted by Crippen LogP contribution is -2.14. The highest BCUT2D eigenvalue weighted by atomic mass is 16.5. The van der Waals surface area contributed by atoms with Crippen LogP contribution < -0.4 is 15.6 Å². The van der Waals surface area contributed by atoms with Crippen LogP contribution in [0.15, 0.2) is 35.1 Å². The molecule has 5 nitrogen and oxygen atoms in total. The molecule has 5 heteroatoms. The van der Waals surface area contributed by atoms with E-state index in [1.807, 2.05) is 38.1 Å². The van der Waals surface area contributed by atoms with E-state index < -0.39 is 0 Å². The molecule has 0 atom stereocenters. The molecule has 1 heterocycles. The van der Waals surface area contributed by atoms with Gasteiger partial charge in [0.25, 0.3) is 5.56 Å². The van der Waals surface area contributed by atoms with Crippen molar-refractivity contribution in [3.63, 3.8) is 0 Å². The molecule has 0 saturated heterocycles. The summed E-state index contributed by atoms with van der Waals surface area (Å²) in [4.78, 5) is 18.7. The number of nitrogens with one attached hydrogen (secondary N) is 2. The number of hydrogen-bond acceptors (Lipinski definition) is 4. The molecule has 1 aromatic carbocycles. The van der Waals surface area contributed by atoms with Gasteiger partial charge in [0.05, 0.1) is 7.11 Å². The van der Waals surface area contributed by atoms with Crippen molar-refractivity contribution in [2.75, 3.05) is 12.4 Å². The number of H-pyrrole nitrogens is 1. The Kier molecular flexibility index (Phi) is 4.40. The van der Waals surface area contributed by atoms with E-state index in [0.29, 0.717) is 18.2 Å². The number of methoxy groups -OCH3 is 1. The first-order valence-electron chi connectivity index (χ1n) is 6.56. The zero-order valence-electron chi connectivity index (χ0n) is 11.9. The minimum absolute atomic E-state index is 0.142. The summed E-state index contributed by atoms with van der Waals surface area (Å²) >= 11 is 0. The lowest BCUT2D eigenvalue weighted by atomic mass is 10.2. The Bertz CT molecular complexity index is 635. The number of benzene rings is 1. The Morgan fingerprint density at radius 3 is 2.85 bits per heavy atom. The summed E-state index contributed by atoms with van der Waals surface area (Å²) in [6, 6.07) is 9.23. The van der Waals surface area contributed by atoms with Gasteiger partial charge in [0, 0.05) is 18.5 Å². The topological polar surface area (TPSA) is 67.0 Å². The number of hydrogen-bond donors (Lipinski definition) is 2. The maximum Gasteiger partial charge on any atom is 0.252 e. The smallest absolute Gasteiger partial charge is 0.252 e. The minimum atomic E-state index is -0.142. The van der Waals surface area contributed by atoms with E-state index in [-0.39, 0.29) is 11.5 Å². The van der Waals surface area contributed by atoms with Gasteiger partial charge < -0.3 is 15.0 Å². The van der Waals surface area contributed by atoms with Gasteiger partial charge in [0.2, 0.25) is 0 Å². The third kappa shape index (κ3) is 3.60. The Morgan fingerprint density at radius 1 is 1.35 bits per heavy atom. The highest BCUT2D eigenvalue weighted by molar-refractivity contribution is 5.36. The van der Waals surface area contributed by atoms with E-state index in [0.717, 1.165) is 11.3 Å². The van der Waals surface area contributed by atoms with E-state index in [2.05, 4.69) is 15.3 Å². The molecule has 20 heavy (non-hydrogen) atoms. The summed E-state index contributed by atoms with van der Waals surface area (Å²) in [5, 5.41) is 3.16. The fraction of sp³-hybridized carbons (Fsp3) is 0.333. The molecule has 0 aliphatic rings. The van der Waals surface area contributed by atoms with Gasteiger partial charge in [-0.3, -0.25) is 4.79 Å². The molecule has 0 unspecified atom stereocenters. The normalized spacial score (nSPS) is 10.6. The molecule has 0 fully saturated rings. The number of aromatic nitrogens is 2. The molecule has 0 amide bonds. The zero-order chi connectivity index (χ0) is 14.5. The Hall–Kier alpha value is -2.30. The van der Waals surface area contributed by atoms with Crippen LogP contribution in [0.4, 0.5) is 5.82 Å². The highest BCUT2D eigenvalue weighted by Crippen LogP contribution is 2.14. The fourth-order valence-corrected chi connectivity index (χ4v) is 1.82. The largest absolute Gasteiger partial charge is 0.497 e. The van der Waals surface area contributed by atoms with Crippen molar-refractivity contribution in [1.82, 2.24) is 9.97 Å². The molecule has 0 saturated carbocycles. The number of nitrogens with zero attached hydrogens (tertiary/aromatic N) is 1. The van der Waals surface area contributed by atoms with Gasteiger partial charge in [0.1, 0.15) is 17.4 Å². The average Bonchev–Trinajstić information content (AvgIpc) is 2.44. The minimum Gasteiger partial charge on any atom is -0.497 e. The third-order valence-electron chi connectivity index (χ3n) is 2.91. The van der Waals surface area contributed by atoms with Crippen molar-refractivity contribution in [2.45, 2.75) is 26.3 Å². The summed E-state index contributed by atoms with van der Waals surface area (Å²) in [7, 11) is 1.64. The molecule has 2 aromatic rings. The standard InChI is InChI=1S/C15H19N3O2/c1-10(2)15-17-13(8-14(19)18-15)16-9-11-5-4-6-12(7-11)20-3/h4-8,10H,9H2,1-3H3,(H2,16,17,18,19). The van der Waals surface area contributed by atoms with Gasteiger partial charge in [-0.2, -0.15) is 0 Å². The molecule has 0 aliphatic heterocycles. The van der Waals surface area contributed by atoms with E-state index in [9.17, 15) is 4.79 Å². The van der Waals surface area contributed by atoms with Crippen molar-refractivity contribution in [3.8, 4) is 5.75 Å². The quantitative estimate of drug-likeness (QED) is 0.878. The SMILES string of the molecule is COc1cccc(CNc2cc(=O)[nH]c(C(C)C)n2)c1. The third-order valence-corrected chi connectivity index (χ3v) is 2.91. The molecule has 0 bridgehead atoms. The Balaban J connectivity index is 2.12. The first kappa shape index (κ1) is 14.1. The summed E-state index contributed by atoms with van der Waals surface area (Å²) in [6.07, 6.45) is 0. The van der Waals surface area contributed by atoms with Gasteiger partial charge in [-0.05, 0) is 17.7 Å². The van der Waals surface area contributed by atoms with Crippen LogP contribution in [0.25, 0.3) is 0 Å². The van der Waals surface area contributed by atoms with Crippen molar-refractivity contribution in [2.24, 2.45) is 0 Å². The molecular formula is C15H19N3O2. The van der Waals surface area contributed by atoms with Crippen LogP contribution in [0.2, 0.25) is 0 Å². The van der Waals surface area contributed by atoms with Crippen LogP contribution in [0.1, 0.15) is 31.2 Å². The predicted octanol–water partition coefficient (Wildman–Crippen LogP) is 2.51. The summed E-state index contributed by atoms with van der Waals surface area (Å²) in [6.45, 7) is 4.57. The first-order chi connectivity index (χ1) is 9.58. The number of ether oxygens (including phenoxy) is 1. The summed E-state index contributed by atoms with van der Waals surface area (Å²) in [5.41, 5.74) is 0.925. The maximum absolute atomic E-state index is 11.6. The van der Waals surface area contributed by atoms with Crippen molar-refractivity contribution >= 4 is 5.82 Å². The molecular weight excluding hydrogens is 254 g/mol. The van der Waals surface area contributed by atoms with Gasteiger partial charge >= 0.3 is 0 Å². The summed E-state index contributed by atoms with van der Waals surface area (Å²) in [5.74, 6) is 2.26. The average molecular weight is 273 g/mol. The zero-order valence-corrected chi connectivity index (χ0v) is 11.9. The van der Waals surface area contributed by atoms with Crippen LogP contribution in [0.3, 0.4) is 0 Å². The second-order valence-electron chi connectivity index (χ2n) is 4.88. The maximum atomic E-state index is 11.6. The van der Waals surface area contributed by atoms with Crippen molar-refractivity contribution in [1.29, 1.82) is 0 Å². The van der Waals surface area contributed by atoms with E-state index in [4.69, 9.17) is 4.74 Å². The molecule has 0 aliphatic carbocycles. The van der Waals surface area contributed by atoms with Gasteiger partial charge in [-0.15, -0.1) is 0 Å². The molecule has 106 valence electrons. The van der Waals surface area contributed by atoms with Gasteiger partial charge in [-0.25, -0.2) is 4.98 Å². The monoisotopic (exact) mass is 273 g/mol. The lowest BCUT2D eigenvalue weighted by molar-refractivity contribution is 0.414. The van der Waals surface area contributed by atoms with Gasteiger partial charge in [-0.1, -0.05) is 26.0 Å². The first-order valence-corrected chi connectivity index (χ1v) is 6.56. The van der Waals surface area contributed by atoms with Crippen LogP contribution >= 0.6 is 0 Å². The van der Waals surface area contributed by atoms with E-state index >= 15 is 0 Å². The Labute approximate surface area is 118 Å². The van der Waals surface area contributed by atoms with Crippen LogP contribution in [0, 0.1) is 0 Å². The lowest BCUT2D eigenvalue weighted by Gasteiger charge is -2.09. The van der Waals surface area contributed by atoms with E-state index in [1.54, 1.807) is 7.11 Å². The van der Waals surface area contributed by atoms with Crippen molar-refractivity contribution < 1.29 is 4.74 Å². The second kappa shape index (κ2) is 6.23. The number of anilines is 1. The van der Waals surface area contributed by atoms with E-state index in [1.165, 1.54) is 6.07 Å². The van der Waals surface area contributed by atoms with Crippen molar-refractivity contribution in [3.05, 3.63) is 52.1 Å². The molecule has 2 rings (SSSR count). The number of rotatable bonds is 5. The van der Waals surface area contributed by atoms with Crippen LogP contribution in [0.5, 0.6) is 5.75 Å². The second-order valence-corrected chi connectivity index (χ2v) is 4.88. The molecule has 0 radical (unpaired) electrons. The molecule has 0 spiro atoms. The fourth-order valence-electron chi connectivity index (χ4n) is 1.82. The molecule has 2 N–H and O–H groups in total.